The van der Waals surface area contributed by atoms with Crippen LogP contribution in [0.1, 0.15) is 68.7 Å². The standard InChI is InChI=1S/C16H22O4/c1-3-14-9-11-16(20-14)15(19)10-8-13(18)7-5-4-6-12(2)17/h9,11H,3-8,10H2,1-2H3. The molecule has 4 nitrogen and oxygen atoms in total. The van der Waals surface area contributed by atoms with Gasteiger partial charge in [0.05, 0.1) is 0 Å². The number of Topliss-reactive ketones (excluding diaryl/α,β-unsaturated/α-hetero) is 3. The predicted molar refractivity (Wildman–Crippen MR) is 75.8 cm³/mol. The number of ketones is 3. The normalized spacial score (nSPS) is 10.5. The number of carbonyl (C=O) groups is 3. The van der Waals surface area contributed by atoms with Crippen LogP contribution in [0.3, 0.4) is 0 Å². The molecule has 0 radical (unpaired) electrons. The van der Waals surface area contributed by atoms with Gasteiger partial charge in [0.1, 0.15) is 17.3 Å². The second kappa shape index (κ2) is 8.46. The van der Waals surface area contributed by atoms with Crippen LogP contribution in [0.4, 0.5) is 0 Å². The Hall–Kier alpha value is -1.71. The molecule has 0 atom stereocenters. The maximum atomic E-state index is 11.8. The molecule has 0 saturated carbocycles. The van der Waals surface area contributed by atoms with Crippen molar-refractivity contribution in [1.82, 2.24) is 0 Å². The molecule has 4 heteroatoms. The highest BCUT2D eigenvalue weighted by molar-refractivity contribution is 5.96. The van der Waals surface area contributed by atoms with E-state index < -0.39 is 0 Å². The van der Waals surface area contributed by atoms with Crippen molar-refractivity contribution in [3.8, 4) is 0 Å². The van der Waals surface area contributed by atoms with Gasteiger partial charge in [-0.3, -0.25) is 9.59 Å². The van der Waals surface area contributed by atoms with E-state index in [0.29, 0.717) is 25.0 Å². The molecule has 0 aliphatic carbocycles. The lowest BCUT2D eigenvalue weighted by Gasteiger charge is -2.00. The van der Waals surface area contributed by atoms with E-state index in [1.807, 2.05) is 6.92 Å². The molecule has 0 aliphatic heterocycles. The largest absolute Gasteiger partial charge is 0.458 e. The van der Waals surface area contributed by atoms with Crippen molar-refractivity contribution < 1.29 is 18.8 Å². The summed E-state index contributed by atoms with van der Waals surface area (Å²) < 4.78 is 5.35. The molecule has 1 rings (SSSR count). The number of aryl methyl sites for hydroxylation is 1. The molecule has 0 bridgehead atoms. The van der Waals surface area contributed by atoms with E-state index in [-0.39, 0.29) is 30.2 Å². The number of hydrogen-bond acceptors (Lipinski definition) is 4. The molecule has 0 unspecified atom stereocenters. The summed E-state index contributed by atoms with van der Waals surface area (Å²) in [4.78, 5) is 34.2. The van der Waals surface area contributed by atoms with Gasteiger partial charge in [-0.15, -0.1) is 0 Å². The van der Waals surface area contributed by atoms with Gasteiger partial charge in [-0.25, -0.2) is 0 Å². The lowest BCUT2D eigenvalue weighted by molar-refractivity contribution is -0.120. The average Bonchev–Trinajstić information content (AvgIpc) is 2.89. The summed E-state index contributed by atoms with van der Waals surface area (Å²) in [5.74, 6) is 1.22. The molecule has 0 aliphatic rings. The number of furan rings is 1. The van der Waals surface area contributed by atoms with Crippen molar-refractivity contribution in [2.24, 2.45) is 0 Å². The van der Waals surface area contributed by atoms with E-state index in [0.717, 1.165) is 18.6 Å². The Bertz CT molecular complexity index is 471. The highest BCUT2D eigenvalue weighted by Crippen LogP contribution is 2.13. The highest BCUT2D eigenvalue weighted by atomic mass is 16.3. The first kappa shape index (κ1) is 16.3. The van der Waals surface area contributed by atoms with Crippen molar-refractivity contribution in [3.63, 3.8) is 0 Å². The molecule has 1 heterocycles. The Morgan fingerprint density at radius 1 is 1.00 bits per heavy atom. The molecule has 0 N–H and O–H groups in total. The summed E-state index contributed by atoms with van der Waals surface area (Å²) in [6.45, 7) is 3.51. The van der Waals surface area contributed by atoms with Gasteiger partial charge in [-0.1, -0.05) is 6.92 Å². The van der Waals surface area contributed by atoms with Gasteiger partial charge in [0.25, 0.3) is 0 Å². The van der Waals surface area contributed by atoms with E-state index in [9.17, 15) is 14.4 Å². The molecule has 0 amide bonds. The summed E-state index contributed by atoms with van der Waals surface area (Å²) in [5, 5.41) is 0. The number of rotatable bonds is 10. The van der Waals surface area contributed by atoms with Crippen molar-refractivity contribution in [2.45, 2.75) is 58.8 Å². The zero-order valence-electron chi connectivity index (χ0n) is 12.2. The Morgan fingerprint density at radius 2 is 1.70 bits per heavy atom. The highest BCUT2D eigenvalue weighted by Gasteiger charge is 2.12. The summed E-state index contributed by atoms with van der Waals surface area (Å²) in [7, 11) is 0. The van der Waals surface area contributed by atoms with Crippen molar-refractivity contribution in [2.75, 3.05) is 0 Å². The fourth-order valence-electron chi connectivity index (χ4n) is 1.92. The topological polar surface area (TPSA) is 64.3 Å². The van der Waals surface area contributed by atoms with E-state index >= 15 is 0 Å². The van der Waals surface area contributed by atoms with E-state index in [1.54, 1.807) is 19.1 Å². The maximum absolute atomic E-state index is 11.8. The predicted octanol–water partition coefficient (Wildman–Crippen LogP) is 3.52. The second-order valence-electron chi connectivity index (χ2n) is 4.99. The first-order valence-electron chi connectivity index (χ1n) is 7.16. The van der Waals surface area contributed by atoms with Crippen LogP contribution in [0.2, 0.25) is 0 Å². The molecule has 1 aromatic heterocycles. The molecular formula is C16H22O4. The third-order valence-corrected chi connectivity index (χ3v) is 3.15. The summed E-state index contributed by atoms with van der Waals surface area (Å²) in [5.41, 5.74) is 0. The van der Waals surface area contributed by atoms with Gasteiger partial charge in [0, 0.05) is 32.1 Å². The van der Waals surface area contributed by atoms with Crippen molar-refractivity contribution >= 4 is 17.3 Å². The van der Waals surface area contributed by atoms with Crippen molar-refractivity contribution in [1.29, 1.82) is 0 Å². The first-order valence-corrected chi connectivity index (χ1v) is 7.16. The zero-order chi connectivity index (χ0) is 15.0. The van der Waals surface area contributed by atoms with Crippen LogP contribution in [0.15, 0.2) is 16.5 Å². The molecule has 20 heavy (non-hydrogen) atoms. The molecule has 0 spiro atoms. The van der Waals surface area contributed by atoms with Gasteiger partial charge in [-0.05, 0) is 31.9 Å². The minimum atomic E-state index is -0.123. The Labute approximate surface area is 119 Å². The van der Waals surface area contributed by atoms with Crippen LogP contribution in [0, 0.1) is 0 Å². The van der Waals surface area contributed by atoms with Gasteiger partial charge in [-0.2, -0.15) is 0 Å². The minimum Gasteiger partial charge on any atom is -0.458 e. The fourth-order valence-corrected chi connectivity index (χ4v) is 1.92. The van der Waals surface area contributed by atoms with Crippen LogP contribution < -0.4 is 0 Å². The maximum Gasteiger partial charge on any atom is 0.198 e. The van der Waals surface area contributed by atoms with Gasteiger partial charge >= 0.3 is 0 Å². The number of hydrogen-bond donors (Lipinski definition) is 0. The fraction of sp³-hybridized carbons (Fsp3) is 0.562. The smallest absolute Gasteiger partial charge is 0.198 e. The Balaban J connectivity index is 2.23. The number of carbonyl (C=O) groups excluding carboxylic acids is 3. The van der Waals surface area contributed by atoms with Gasteiger partial charge < -0.3 is 9.21 Å². The van der Waals surface area contributed by atoms with E-state index in [1.165, 1.54) is 0 Å². The van der Waals surface area contributed by atoms with Crippen LogP contribution in [0.5, 0.6) is 0 Å². The van der Waals surface area contributed by atoms with Crippen LogP contribution in [0.25, 0.3) is 0 Å². The third-order valence-electron chi connectivity index (χ3n) is 3.15. The lowest BCUT2D eigenvalue weighted by atomic mass is 10.0. The summed E-state index contributed by atoms with van der Waals surface area (Å²) in [6, 6.07) is 3.45. The first-order chi connectivity index (χ1) is 9.52. The van der Waals surface area contributed by atoms with Gasteiger partial charge in [0.15, 0.2) is 11.5 Å². The Kier molecular flexibility index (Phi) is 6.91. The molecule has 0 aromatic carbocycles. The summed E-state index contributed by atoms with van der Waals surface area (Å²) in [6.07, 6.45) is 3.63. The molecule has 0 saturated heterocycles. The third kappa shape index (κ3) is 5.95. The Morgan fingerprint density at radius 3 is 2.30 bits per heavy atom. The summed E-state index contributed by atoms with van der Waals surface area (Å²) >= 11 is 0. The molecule has 110 valence electrons. The van der Waals surface area contributed by atoms with Crippen LogP contribution in [-0.2, 0) is 16.0 Å². The van der Waals surface area contributed by atoms with Crippen LogP contribution in [-0.4, -0.2) is 17.3 Å². The quantitative estimate of drug-likeness (QED) is 0.485. The zero-order valence-corrected chi connectivity index (χ0v) is 12.2. The molecule has 0 fully saturated rings. The second-order valence-corrected chi connectivity index (χ2v) is 4.99. The lowest BCUT2D eigenvalue weighted by Crippen LogP contribution is -2.04. The van der Waals surface area contributed by atoms with E-state index in [2.05, 4.69) is 0 Å². The minimum absolute atomic E-state index is 0.0733. The van der Waals surface area contributed by atoms with Crippen molar-refractivity contribution in [3.05, 3.63) is 23.7 Å². The van der Waals surface area contributed by atoms with E-state index in [4.69, 9.17) is 4.42 Å². The molecule has 1 aromatic rings. The average molecular weight is 278 g/mol. The van der Waals surface area contributed by atoms with Gasteiger partial charge in [0.2, 0.25) is 0 Å². The SMILES string of the molecule is CCc1ccc(C(=O)CCC(=O)CCCCC(C)=O)o1. The molecular weight excluding hydrogens is 256 g/mol. The monoisotopic (exact) mass is 278 g/mol. The van der Waals surface area contributed by atoms with Crippen LogP contribution >= 0.6 is 0 Å². The number of unbranched alkanes of at least 4 members (excludes halogenated alkanes) is 1.